The van der Waals surface area contributed by atoms with Crippen molar-refractivity contribution in [3.8, 4) is 5.75 Å². The van der Waals surface area contributed by atoms with E-state index in [0.29, 0.717) is 23.0 Å². The molecule has 7 heteroatoms. The third-order valence-electron chi connectivity index (χ3n) is 4.16. The predicted molar refractivity (Wildman–Crippen MR) is 107 cm³/mol. The van der Waals surface area contributed by atoms with Gasteiger partial charge in [-0.3, -0.25) is 4.79 Å². The summed E-state index contributed by atoms with van der Waals surface area (Å²) < 4.78 is 19.4. The summed E-state index contributed by atoms with van der Waals surface area (Å²) >= 11 is 5.24. The van der Waals surface area contributed by atoms with Crippen LogP contribution in [0.3, 0.4) is 0 Å². The van der Waals surface area contributed by atoms with Crippen LogP contribution in [0.5, 0.6) is 5.75 Å². The summed E-state index contributed by atoms with van der Waals surface area (Å²) in [5.74, 6) is -0.149. The van der Waals surface area contributed by atoms with Gasteiger partial charge in [-0.2, -0.15) is 0 Å². The lowest BCUT2D eigenvalue weighted by atomic mass is 9.95. The number of allylic oxidation sites excluding steroid dienone is 1. The number of nitrogens with one attached hydrogen (secondary N) is 3. The molecule has 1 atom stereocenters. The average molecular weight is 385 g/mol. The number of ether oxygens (including phenoxy) is 1. The number of carbonyl (C=O) groups excluding carboxylic acids is 1. The van der Waals surface area contributed by atoms with Crippen LogP contribution in [0.15, 0.2) is 59.8 Å². The highest BCUT2D eigenvalue weighted by atomic mass is 32.1. The van der Waals surface area contributed by atoms with Crippen LogP contribution in [0.2, 0.25) is 0 Å². The van der Waals surface area contributed by atoms with Crippen LogP contribution in [0, 0.1) is 5.82 Å². The maximum Gasteiger partial charge on any atom is 0.255 e. The Morgan fingerprint density at radius 2 is 1.93 bits per heavy atom. The second kappa shape index (κ2) is 8.18. The Morgan fingerprint density at radius 3 is 2.59 bits per heavy atom. The molecule has 0 aliphatic carbocycles. The van der Waals surface area contributed by atoms with Gasteiger partial charge in [0, 0.05) is 5.70 Å². The number of amides is 1. The van der Waals surface area contributed by atoms with Crippen LogP contribution in [-0.4, -0.2) is 17.6 Å². The first-order valence-corrected chi connectivity index (χ1v) is 8.97. The van der Waals surface area contributed by atoms with E-state index in [1.807, 2.05) is 31.2 Å². The van der Waals surface area contributed by atoms with Crippen molar-refractivity contribution in [3.63, 3.8) is 0 Å². The molecule has 0 unspecified atom stereocenters. The van der Waals surface area contributed by atoms with Gasteiger partial charge >= 0.3 is 0 Å². The number of anilines is 1. The van der Waals surface area contributed by atoms with Gasteiger partial charge in [-0.1, -0.05) is 24.3 Å². The quantitative estimate of drug-likeness (QED) is 0.686. The molecule has 1 aliphatic heterocycles. The Morgan fingerprint density at radius 1 is 1.22 bits per heavy atom. The SMILES string of the molecule is CCOc1ccc([C@H]2NC(=S)NC(C)=C2C(=O)Nc2ccccc2F)cc1. The number of para-hydroxylation sites is 1. The zero-order chi connectivity index (χ0) is 19.4. The summed E-state index contributed by atoms with van der Waals surface area (Å²) in [6.45, 7) is 4.26. The van der Waals surface area contributed by atoms with Gasteiger partial charge in [0.1, 0.15) is 11.6 Å². The molecule has 2 aromatic carbocycles. The van der Waals surface area contributed by atoms with Gasteiger partial charge in [0.25, 0.3) is 5.91 Å². The van der Waals surface area contributed by atoms with Gasteiger partial charge in [0.05, 0.1) is 23.9 Å². The van der Waals surface area contributed by atoms with Gasteiger partial charge in [-0.25, -0.2) is 4.39 Å². The van der Waals surface area contributed by atoms with Gasteiger partial charge in [-0.05, 0) is 55.9 Å². The second-order valence-electron chi connectivity index (χ2n) is 6.01. The van der Waals surface area contributed by atoms with E-state index in [-0.39, 0.29) is 5.69 Å². The minimum atomic E-state index is -0.492. The molecule has 27 heavy (non-hydrogen) atoms. The lowest BCUT2D eigenvalue weighted by Gasteiger charge is -2.30. The highest BCUT2D eigenvalue weighted by Gasteiger charge is 2.30. The van der Waals surface area contributed by atoms with Crippen LogP contribution in [-0.2, 0) is 4.79 Å². The first-order chi connectivity index (χ1) is 13.0. The van der Waals surface area contributed by atoms with E-state index < -0.39 is 17.8 Å². The van der Waals surface area contributed by atoms with Crippen LogP contribution < -0.4 is 20.7 Å². The zero-order valence-electron chi connectivity index (χ0n) is 15.0. The maximum atomic E-state index is 13.9. The van der Waals surface area contributed by atoms with Gasteiger partial charge in [0.2, 0.25) is 0 Å². The van der Waals surface area contributed by atoms with Crippen molar-refractivity contribution < 1.29 is 13.9 Å². The highest BCUT2D eigenvalue weighted by Crippen LogP contribution is 2.29. The molecule has 0 fully saturated rings. The number of thiocarbonyl (C=S) groups is 1. The summed E-state index contributed by atoms with van der Waals surface area (Å²) in [5.41, 5.74) is 2.03. The van der Waals surface area contributed by atoms with E-state index in [4.69, 9.17) is 17.0 Å². The zero-order valence-corrected chi connectivity index (χ0v) is 15.8. The summed E-state index contributed by atoms with van der Waals surface area (Å²) in [7, 11) is 0. The molecule has 0 saturated carbocycles. The van der Waals surface area contributed by atoms with Crippen molar-refractivity contribution in [1.29, 1.82) is 0 Å². The van der Waals surface area contributed by atoms with E-state index in [1.54, 1.807) is 19.1 Å². The molecule has 5 nitrogen and oxygen atoms in total. The molecular formula is C20H20FN3O2S. The summed E-state index contributed by atoms with van der Waals surface area (Å²) in [5, 5.41) is 9.14. The molecule has 2 aromatic rings. The standard InChI is InChI=1S/C20H20FN3O2S/c1-3-26-14-10-8-13(9-11-14)18-17(12(2)22-20(27)24-18)19(25)23-16-7-5-4-6-15(16)21/h4-11,18H,3H2,1-2H3,(H,23,25)(H2,22,24,27)/t18-/m1/s1. The van der Waals surface area contributed by atoms with Crippen LogP contribution >= 0.6 is 12.2 Å². The van der Waals surface area contributed by atoms with E-state index >= 15 is 0 Å². The predicted octanol–water partition coefficient (Wildman–Crippen LogP) is 3.66. The first kappa shape index (κ1) is 18.8. The summed E-state index contributed by atoms with van der Waals surface area (Å²) in [6.07, 6.45) is 0. The van der Waals surface area contributed by atoms with E-state index in [1.165, 1.54) is 12.1 Å². The molecule has 0 spiro atoms. The van der Waals surface area contributed by atoms with E-state index in [2.05, 4.69) is 16.0 Å². The highest BCUT2D eigenvalue weighted by molar-refractivity contribution is 7.80. The van der Waals surface area contributed by atoms with Crippen LogP contribution in [0.4, 0.5) is 10.1 Å². The number of benzene rings is 2. The summed E-state index contributed by atoms with van der Waals surface area (Å²) in [4.78, 5) is 12.9. The fraction of sp³-hybridized carbons (Fsp3) is 0.200. The van der Waals surface area contributed by atoms with Crippen molar-refractivity contribution in [2.45, 2.75) is 19.9 Å². The van der Waals surface area contributed by atoms with Crippen LogP contribution in [0.1, 0.15) is 25.5 Å². The number of hydrogen-bond donors (Lipinski definition) is 3. The average Bonchev–Trinajstić information content (AvgIpc) is 2.64. The molecule has 3 N–H and O–H groups in total. The van der Waals surface area contributed by atoms with Gasteiger partial charge in [0.15, 0.2) is 5.11 Å². The largest absolute Gasteiger partial charge is 0.494 e. The summed E-state index contributed by atoms with van der Waals surface area (Å²) in [6, 6.07) is 13.0. The Hall–Kier alpha value is -2.93. The minimum absolute atomic E-state index is 0.126. The monoisotopic (exact) mass is 385 g/mol. The molecule has 0 bridgehead atoms. The minimum Gasteiger partial charge on any atom is -0.494 e. The smallest absolute Gasteiger partial charge is 0.255 e. The Kier molecular flexibility index (Phi) is 5.71. The van der Waals surface area contributed by atoms with Crippen LogP contribution in [0.25, 0.3) is 0 Å². The third-order valence-corrected chi connectivity index (χ3v) is 4.38. The normalized spacial score (nSPS) is 16.4. The molecule has 0 radical (unpaired) electrons. The number of halogens is 1. The fourth-order valence-corrected chi connectivity index (χ4v) is 3.19. The maximum absolute atomic E-state index is 13.9. The van der Waals surface area contributed by atoms with Crippen molar-refractivity contribution in [2.24, 2.45) is 0 Å². The van der Waals surface area contributed by atoms with Crippen molar-refractivity contribution in [3.05, 3.63) is 71.2 Å². The Labute approximate surface area is 162 Å². The second-order valence-corrected chi connectivity index (χ2v) is 6.41. The molecule has 1 aliphatic rings. The molecule has 3 rings (SSSR count). The first-order valence-electron chi connectivity index (χ1n) is 8.56. The molecular weight excluding hydrogens is 365 g/mol. The lowest BCUT2D eigenvalue weighted by molar-refractivity contribution is -0.113. The fourth-order valence-electron chi connectivity index (χ4n) is 2.92. The number of hydrogen-bond acceptors (Lipinski definition) is 3. The molecule has 1 heterocycles. The van der Waals surface area contributed by atoms with Crippen molar-refractivity contribution >= 4 is 28.9 Å². The molecule has 0 aromatic heterocycles. The lowest BCUT2D eigenvalue weighted by Crippen LogP contribution is -2.45. The third kappa shape index (κ3) is 4.25. The van der Waals surface area contributed by atoms with Gasteiger partial charge < -0.3 is 20.7 Å². The van der Waals surface area contributed by atoms with Crippen molar-refractivity contribution in [1.82, 2.24) is 10.6 Å². The Bertz CT molecular complexity index is 896. The number of carbonyl (C=O) groups is 1. The topological polar surface area (TPSA) is 62.4 Å². The van der Waals surface area contributed by atoms with Gasteiger partial charge in [-0.15, -0.1) is 0 Å². The van der Waals surface area contributed by atoms with E-state index in [0.717, 1.165) is 11.3 Å². The van der Waals surface area contributed by atoms with E-state index in [9.17, 15) is 9.18 Å². The number of rotatable bonds is 5. The molecule has 1 amide bonds. The molecule has 0 saturated heterocycles. The van der Waals surface area contributed by atoms with Crippen molar-refractivity contribution in [2.75, 3.05) is 11.9 Å². The Balaban J connectivity index is 1.91. The molecule has 140 valence electrons.